The summed E-state index contributed by atoms with van der Waals surface area (Å²) in [5, 5.41) is 0. The largest absolute Gasteiger partial charge is 0.493 e. The van der Waals surface area contributed by atoms with Gasteiger partial charge in [-0.2, -0.15) is 0 Å². The van der Waals surface area contributed by atoms with Crippen molar-refractivity contribution in [3.63, 3.8) is 0 Å². The van der Waals surface area contributed by atoms with Crippen LogP contribution in [0.3, 0.4) is 0 Å². The number of ether oxygens (including phenoxy) is 2. The highest BCUT2D eigenvalue weighted by molar-refractivity contribution is 9.10. The van der Waals surface area contributed by atoms with Gasteiger partial charge >= 0.3 is 0 Å². The van der Waals surface area contributed by atoms with Crippen LogP contribution in [-0.2, 0) is 11.3 Å². The number of carbonyl (C=O) groups excluding carboxylic acids is 1. The Morgan fingerprint density at radius 3 is 2.70 bits per heavy atom. The molecule has 0 aromatic heterocycles. The summed E-state index contributed by atoms with van der Waals surface area (Å²) in [5.41, 5.74) is 6.56. The fraction of sp³-hybridized carbons (Fsp3) is 0.500. The SMILES string of the molecule is COc1cc(CN)cc(Br)c1OCC(=O)N1CCCC1. The molecule has 0 bridgehead atoms. The van der Waals surface area contributed by atoms with E-state index >= 15 is 0 Å². The Kier molecular flexibility index (Phi) is 5.25. The van der Waals surface area contributed by atoms with Crippen LogP contribution in [-0.4, -0.2) is 37.6 Å². The van der Waals surface area contributed by atoms with E-state index in [1.54, 1.807) is 7.11 Å². The van der Waals surface area contributed by atoms with Crippen molar-refractivity contribution in [1.29, 1.82) is 0 Å². The van der Waals surface area contributed by atoms with Crippen LogP contribution in [0.1, 0.15) is 18.4 Å². The lowest BCUT2D eigenvalue weighted by atomic mass is 10.2. The molecule has 1 fully saturated rings. The minimum Gasteiger partial charge on any atom is -0.493 e. The normalized spacial score (nSPS) is 14.4. The van der Waals surface area contributed by atoms with E-state index in [1.165, 1.54) is 0 Å². The van der Waals surface area contributed by atoms with Gasteiger partial charge in [-0.05, 0) is 46.5 Å². The highest BCUT2D eigenvalue weighted by Crippen LogP contribution is 2.36. The van der Waals surface area contributed by atoms with Gasteiger partial charge in [0, 0.05) is 19.6 Å². The Morgan fingerprint density at radius 1 is 1.40 bits per heavy atom. The van der Waals surface area contributed by atoms with Crippen LogP contribution >= 0.6 is 15.9 Å². The molecule has 2 rings (SSSR count). The van der Waals surface area contributed by atoms with Gasteiger partial charge in [0.1, 0.15) is 0 Å². The summed E-state index contributed by atoms with van der Waals surface area (Å²) in [4.78, 5) is 13.8. The number of rotatable bonds is 5. The lowest BCUT2D eigenvalue weighted by Gasteiger charge is -2.17. The molecule has 6 heteroatoms. The van der Waals surface area contributed by atoms with Crippen molar-refractivity contribution in [3.05, 3.63) is 22.2 Å². The number of likely N-dealkylation sites (tertiary alicyclic amines) is 1. The van der Waals surface area contributed by atoms with E-state index in [0.29, 0.717) is 18.0 Å². The monoisotopic (exact) mass is 342 g/mol. The second-order valence-corrected chi connectivity index (χ2v) is 5.54. The van der Waals surface area contributed by atoms with Crippen LogP contribution < -0.4 is 15.2 Å². The summed E-state index contributed by atoms with van der Waals surface area (Å²) in [7, 11) is 1.57. The highest BCUT2D eigenvalue weighted by atomic mass is 79.9. The van der Waals surface area contributed by atoms with Gasteiger partial charge in [0.15, 0.2) is 18.1 Å². The molecule has 0 aliphatic carbocycles. The predicted octanol–water partition coefficient (Wildman–Crippen LogP) is 1.92. The molecule has 1 aliphatic rings. The molecule has 1 saturated heterocycles. The molecule has 1 heterocycles. The van der Waals surface area contributed by atoms with Crippen LogP contribution in [0.4, 0.5) is 0 Å². The lowest BCUT2D eigenvalue weighted by molar-refractivity contribution is -0.132. The summed E-state index contributed by atoms with van der Waals surface area (Å²) < 4.78 is 11.7. The molecule has 1 aromatic rings. The zero-order valence-corrected chi connectivity index (χ0v) is 13.1. The number of benzene rings is 1. The van der Waals surface area contributed by atoms with E-state index in [1.807, 2.05) is 17.0 Å². The van der Waals surface area contributed by atoms with Crippen LogP contribution in [0.25, 0.3) is 0 Å². The van der Waals surface area contributed by atoms with E-state index in [9.17, 15) is 4.79 Å². The summed E-state index contributed by atoms with van der Waals surface area (Å²) in [5.74, 6) is 1.13. The number of halogens is 1. The highest BCUT2D eigenvalue weighted by Gasteiger charge is 2.19. The first-order chi connectivity index (χ1) is 9.65. The van der Waals surface area contributed by atoms with Crippen molar-refractivity contribution in [2.45, 2.75) is 19.4 Å². The third-order valence-corrected chi connectivity index (χ3v) is 3.91. The first kappa shape index (κ1) is 15.1. The molecule has 1 aromatic carbocycles. The molecule has 0 spiro atoms. The second kappa shape index (κ2) is 6.95. The molecule has 5 nitrogen and oxygen atoms in total. The molecular weight excluding hydrogens is 324 g/mol. The standard InChI is InChI=1S/C14H19BrN2O3/c1-19-12-7-10(8-16)6-11(15)14(12)20-9-13(18)17-4-2-3-5-17/h6-7H,2-5,8-9,16H2,1H3. The van der Waals surface area contributed by atoms with Crippen molar-refractivity contribution in [1.82, 2.24) is 4.90 Å². The Hall–Kier alpha value is -1.27. The number of hydrogen-bond acceptors (Lipinski definition) is 4. The van der Waals surface area contributed by atoms with Crippen LogP contribution in [0.5, 0.6) is 11.5 Å². The summed E-state index contributed by atoms with van der Waals surface area (Å²) in [6.45, 7) is 2.10. The molecular formula is C14H19BrN2O3. The first-order valence-electron chi connectivity index (χ1n) is 6.62. The van der Waals surface area contributed by atoms with E-state index in [0.717, 1.165) is 36.0 Å². The molecule has 1 aliphatic heterocycles. The third-order valence-electron chi connectivity index (χ3n) is 3.32. The molecule has 0 saturated carbocycles. The Labute approximate surface area is 127 Å². The number of methoxy groups -OCH3 is 1. The Morgan fingerprint density at radius 2 is 2.10 bits per heavy atom. The molecule has 2 N–H and O–H groups in total. The van der Waals surface area contributed by atoms with Gasteiger partial charge in [0.05, 0.1) is 11.6 Å². The number of nitrogens with zero attached hydrogens (tertiary/aromatic N) is 1. The molecule has 110 valence electrons. The van der Waals surface area contributed by atoms with Crippen molar-refractivity contribution in [3.8, 4) is 11.5 Å². The van der Waals surface area contributed by atoms with Crippen molar-refractivity contribution >= 4 is 21.8 Å². The molecule has 0 radical (unpaired) electrons. The molecule has 0 unspecified atom stereocenters. The minimum atomic E-state index is 0.0133. The summed E-state index contributed by atoms with van der Waals surface area (Å²) >= 11 is 3.43. The van der Waals surface area contributed by atoms with Gasteiger partial charge in [0.25, 0.3) is 5.91 Å². The Bertz CT molecular complexity index is 488. The van der Waals surface area contributed by atoms with Crippen molar-refractivity contribution in [2.75, 3.05) is 26.8 Å². The van der Waals surface area contributed by atoms with Gasteiger partial charge < -0.3 is 20.1 Å². The third kappa shape index (κ3) is 3.43. The maximum atomic E-state index is 12.0. The predicted molar refractivity (Wildman–Crippen MR) is 79.9 cm³/mol. The fourth-order valence-corrected chi connectivity index (χ4v) is 2.83. The summed E-state index contributed by atoms with van der Waals surface area (Å²) in [6, 6.07) is 3.69. The number of amides is 1. The van der Waals surface area contributed by atoms with E-state index in [2.05, 4.69) is 15.9 Å². The first-order valence-corrected chi connectivity index (χ1v) is 7.42. The smallest absolute Gasteiger partial charge is 0.260 e. The lowest BCUT2D eigenvalue weighted by Crippen LogP contribution is -2.32. The second-order valence-electron chi connectivity index (χ2n) is 4.69. The number of hydrogen-bond donors (Lipinski definition) is 1. The van der Waals surface area contributed by atoms with E-state index < -0.39 is 0 Å². The molecule has 1 amide bonds. The maximum absolute atomic E-state index is 12.0. The average molecular weight is 343 g/mol. The zero-order chi connectivity index (χ0) is 14.5. The van der Waals surface area contributed by atoms with Crippen LogP contribution in [0.15, 0.2) is 16.6 Å². The minimum absolute atomic E-state index is 0.0133. The fourth-order valence-electron chi connectivity index (χ4n) is 2.22. The zero-order valence-electron chi connectivity index (χ0n) is 11.5. The quantitative estimate of drug-likeness (QED) is 0.887. The molecule has 0 atom stereocenters. The van der Waals surface area contributed by atoms with Gasteiger partial charge in [0.2, 0.25) is 0 Å². The van der Waals surface area contributed by atoms with Gasteiger partial charge in [-0.25, -0.2) is 0 Å². The topological polar surface area (TPSA) is 64.8 Å². The van der Waals surface area contributed by atoms with E-state index in [4.69, 9.17) is 15.2 Å². The molecule has 20 heavy (non-hydrogen) atoms. The number of nitrogens with two attached hydrogens (primary N) is 1. The Balaban J connectivity index is 2.06. The van der Waals surface area contributed by atoms with Gasteiger partial charge in [-0.15, -0.1) is 0 Å². The van der Waals surface area contributed by atoms with Crippen LogP contribution in [0.2, 0.25) is 0 Å². The van der Waals surface area contributed by atoms with Crippen LogP contribution in [0, 0.1) is 0 Å². The maximum Gasteiger partial charge on any atom is 0.260 e. The van der Waals surface area contributed by atoms with Crippen molar-refractivity contribution in [2.24, 2.45) is 5.73 Å². The van der Waals surface area contributed by atoms with Gasteiger partial charge in [-0.1, -0.05) is 0 Å². The summed E-state index contributed by atoms with van der Waals surface area (Å²) in [6.07, 6.45) is 2.15. The van der Waals surface area contributed by atoms with Crippen molar-refractivity contribution < 1.29 is 14.3 Å². The average Bonchev–Trinajstić information content (AvgIpc) is 2.99. The van der Waals surface area contributed by atoms with E-state index in [-0.39, 0.29) is 12.5 Å². The number of carbonyl (C=O) groups is 1. The van der Waals surface area contributed by atoms with Gasteiger partial charge in [-0.3, -0.25) is 4.79 Å².